The lowest BCUT2D eigenvalue weighted by Crippen LogP contribution is -2.40. The largest absolute Gasteiger partial charge is 0.331 e. The van der Waals surface area contributed by atoms with E-state index in [1.807, 2.05) is 0 Å². The van der Waals surface area contributed by atoms with E-state index in [1.165, 1.54) is 14.0 Å². The van der Waals surface area contributed by atoms with Crippen molar-refractivity contribution < 1.29 is 4.79 Å². The molecule has 6 nitrogen and oxygen atoms in total. The number of nitrogens with zero attached hydrogens (tertiary/aromatic N) is 3. The van der Waals surface area contributed by atoms with Gasteiger partial charge >= 0.3 is 5.69 Å². The van der Waals surface area contributed by atoms with E-state index >= 15 is 0 Å². The van der Waals surface area contributed by atoms with Crippen molar-refractivity contribution in [3.63, 3.8) is 0 Å². The molecular formula is C9H9N3O3. The molecule has 1 rings (SSSR count). The third-order valence-corrected chi connectivity index (χ3v) is 1.97. The van der Waals surface area contributed by atoms with Crippen LogP contribution in [0.3, 0.4) is 0 Å². The van der Waals surface area contributed by atoms with Crippen LogP contribution < -0.4 is 11.2 Å². The lowest BCUT2D eigenvalue weighted by molar-refractivity contribution is 0.101. The molecule has 0 saturated carbocycles. The summed E-state index contributed by atoms with van der Waals surface area (Å²) in [5, 5.41) is 8.45. The average molecular weight is 207 g/mol. The van der Waals surface area contributed by atoms with Crippen LogP contribution >= 0.6 is 0 Å². The van der Waals surface area contributed by atoms with E-state index in [2.05, 4.69) is 0 Å². The molecular weight excluding hydrogens is 198 g/mol. The van der Waals surface area contributed by atoms with Crippen LogP contribution in [0.5, 0.6) is 0 Å². The minimum absolute atomic E-state index is 0.0904. The van der Waals surface area contributed by atoms with Gasteiger partial charge in [-0.2, -0.15) is 5.26 Å². The summed E-state index contributed by atoms with van der Waals surface area (Å²) in [4.78, 5) is 33.9. The van der Waals surface area contributed by atoms with Gasteiger partial charge in [0.1, 0.15) is 6.54 Å². The highest BCUT2D eigenvalue weighted by Crippen LogP contribution is 1.90. The molecule has 0 bridgehead atoms. The fourth-order valence-corrected chi connectivity index (χ4v) is 1.16. The van der Waals surface area contributed by atoms with Crippen LogP contribution in [0.25, 0.3) is 0 Å². The molecule has 0 aliphatic carbocycles. The number of aromatic nitrogens is 2. The molecule has 0 aliphatic heterocycles. The molecule has 0 unspecified atom stereocenters. The Kier molecular flexibility index (Phi) is 2.85. The van der Waals surface area contributed by atoms with E-state index in [9.17, 15) is 14.4 Å². The van der Waals surface area contributed by atoms with Gasteiger partial charge < -0.3 is 0 Å². The van der Waals surface area contributed by atoms with Crippen molar-refractivity contribution in [2.75, 3.05) is 0 Å². The summed E-state index contributed by atoms with van der Waals surface area (Å²) in [6.07, 6.45) is 1.12. The van der Waals surface area contributed by atoms with Gasteiger partial charge in [-0.3, -0.25) is 18.7 Å². The molecule has 0 aromatic carbocycles. The van der Waals surface area contributed by atoms with Crippen molar-refractivity contribution in [3.05, 3.63) is 32.6 Å². The first-order valence-electron chi connectivity index (χ1n) is 4.17. The molecule has 15 heavy (non-hydrogen) atoms. The molecule has 0 N–H and O–H groups in total. The van der Waals surface area contributed by atoms with E-state index in [1.54, 1.807) is 6.07 Å². The summed E-state index contributed by atoms with van der Waals surface area (Å²) in [6, 6.07) is 1.77. The van der Waals surface area contributed by atoms with Gasteiger partial charge in [-0.25, -0.2) is 4.79 Å². The Labute approximate surface area is 85.0 Å². The average Bonchev–Trinajstić information content (AvgIpc) is 2.18. The molecule has 0 fully saturated rings. The van der Waals surface area contributed by atoms with Crippen LogP contribution in [0, 0.1) is 11.3 Å². The molecule has 0 amide bonds. The summed E-state index contributed by atoms with van der Waals surface area (Å²) in [5.74, 6) is -0.428. The molecule has 6 heteroatoms. The molecule has 1 aromatic heterocycles. The van der Waals surface area contributed by atoms with Crippen LogP contribution in [0.15, 0.2) is 15.8 Å². The normalized spacial score (nSPS) is 9.67. The second kappa shape index (κ2) is 3.92. The van der Waals surface area contributed by atoms with Gasteiger partial charge in [-0.1, -0.05) is 0 Å². The predicted molar refractivity (Wildman–Crippen MR) is 51.6 cm³/mol. The predicted octanol–water partition coefficient (Wildman–Crippen LogP) is -0.727. The van der Waals surface area contributed by atoms with Crippen LogP contribution in [-0.4, -0.2) is 14.9 Å². The van der Waals surface area contributed by atoms with Crippen LogP contribution in [0.4, 0.5) is 0 Å². The fraction of sp³-hybridized carbons (Fsp3) is 0.333. The first-order chi connectivity index (χ1) is 6.99. The van der Waals surface area contributed by atoms with Gasteiger partial charge in [-0.15, -0.1) is 0 Å². The topological polar surface area (TPSA) is 84.9 Å². The highest BCUT2D eigenvalue weighted by Gasteiger charge is 2.11. The maximum absolute atomic E-state index is 11.4. The van der Waals surface area contributed by atoms with E-state index in [-0.39, 0.29) is 12.1 Å². The number of ketones is 1. The van der Waals surface area contributed by atoms with Crippen molar-refractivity contribution in [2.45, 2.75) is 13.5 Å². The fourth-order valence-electron chi connectivity index (χ4n) is 1.16. The van der Waals surface area contributed by atoms with E-state index in [0.29, 0.717) is 0 Å². The highest BCUT2D eigenvalue weighted by atomic mass is 16.2. The Hall–Kier alpha value is -2.16. The Balaban J connectivity index is 3.62. The summed E-state index contributed by atoms with van der Waals surface area (Å²) in [7, 11) is 1.27. The SMILES string of the molecule is CC(=O)c1cn(CC#N)c(=O)n(C)c1=O. The Morgan fingerprint density at radius 2 is 2.13 bits per heavy atom. The third-order valence-electron chi connectivity index (χ3n) is 1.97. The molecule has 1 heterocycles. The van der Waals surface area contributed by atoms with Gasteiger partial charge in [-0.05, 0) is 6.92 Å². The number of carbonyl (C=O) groups is 1. The molecule has 0 atom stereocenters. The second-order valence-electron chi connectivity index (χ2n) is 3.03. The standard InChI is InChI=1S/C9H9N3O3/c1-6(13)7-5-12(4-3-10)9(15)11(2)8(7)14/h5H,4H2,1-2H3. The van der Waals surface area contributed by atoms with Gasteiger partial charge in [0.2, 0.25) is 0 Å². The van der Waals surface area contributed by atoms with Gasteiger partial charge in [0.05, 0.1) is 11.6 Å². The van der Waals surface area contributed by atoms with Crippen molar-refractivity contribution in [3.8, 4) is 6.07 Å². The highest BCUT2D eigenvalue weighted by molar-refractivity contribution is 5.93. The number of rotatable bonds is 2. The molecule has 0 spiro atoms. The number of hydrogen-bond acceptors (Lipinski definition) is 4. The maximum Gasteiger partial charge on any atom is 0.331 e. The Morgan fingerprint density at radius 3 is 2.60 bits per heavy atom. The van der Waals surface area contributed by atoms with Crippen LogP contribution in [0.1, 0.15) is 17.3 Å². The zero-order valence-corrected chi connectivity index (χ0v) is 8.35. The Morgan fingerprint density at radius 1 is 1.53 bits per heavy atom. The summed E-state index contributed by atoms with van der Waals surface area (Å²) < 4.78 is 1.84. The zero-order chi connectivity index (χ0) is 11.6. The van der Waals surface area contributed by atoms with Crippen molar-refractivity contribution >= 4 is 5.78 Å². The lowest BCUT2D eigenvalue weighted by Gasteiger charge is -2.05. The molecule has 0 radical (unpaired) electrons. The summed E-state index contributed by atoms with van der Waals surface area (Å²) in [6.45, 7) is 1.05. The van der Waals surface area contributed by atoms with E-state index in [4.69, 9.17) is 5.26 Å². The number of Topliss-reactive ketones (excluding diaryl/α,β-unsaturated/α-hetero) is 1. The number of hydrogen-bond donors (Lipinski definition) is 0. The first kappa shape index (κ1) is 10.9. The van der Waals surface area contributed by atoms with Crippen molar-refractivity contribution in [1.29, 1.82) is 5.26 Å². The van der Waals surface area contributed by atoms with Crippen LogP contribution in [0.2, 0.25) is 0 Å². The van der Waals surface area contributed by atoms with Crippen molar-refractivity contribution in [1.82, 2.24) is 9.13 Å². The van der Waals surface area contributed by atoms with Gasteiger partial charge in [0.25, 0.3) is 5.56 Å². The smallest absolute Gasteiger partial charge is 0.294 e. The molecule has 0 aliphatic rings. The Bertz CT molecular complexity index is 559. The molecule has 0 saturated heterocycles. The van der Waals surface area contributed by atoms with Crippen molar-refractivity contribution in [2.24, 2.45) is 7.05 Å². The first-order valence-corrected chi connectivity index (χ1v) is 4.17. The second-order valence-corrected chi connectivity index (χ2v) is 3.03. The number of nitriles is 1. The summed E-state index contributed by atoms with van der Waals surface area (Å²) >= 11 is 0. The monoisotopic (exact) mass is 207 g/mol. The maximum atomic E-state index is 11.4. The van der Waals surface area contributed by atoms with Gasteiger partial charge in [0, 0.05) is 13.2 Å². The van der Waals surface area contributed by atoms with Gasteiger partial charge in [0.15, 0.2) is 5.78 Å². The van der Waals surface area contributed by atoms with E-state index < -0.39 is 17.0 Å². The quantitative estimate of drug-likeness (QED) is 0.598. The van der Waals surface area contributed by atoms with Crippen LogP contribution in [-0.2, 0) is 13.6 Å². The minimum atomic E-state index is -0.637. The molecule has 78 valence electrons. The minimum Gasteiger partial charge on any atom is -0.294 e. The number of carbonyl (C=O) groups excluding carboxylic acids is 1. The zero-order valence-electron chi connectivity index (χ0n) is 8.35. The third kappa shape index (κ3) is 1.86. The summed E-state index contributed by atoms with van der Waals surface area (Å²) in [5.41, 5.74) is -1.33. The molecule has 1 aromatic rings. The van der Waals surface area contributed by atoms with E-state index in [0.717, 1.165) is 15.3 Å². The lowest BCUT2D eigenvalue weighted by atomic mass is 10.2.